The maximum atomic E-state index is 13.7. The fraction of sp³-hybridized carbons (Fsp3) is 0.370. The highest BCUT2D eigenvalue weighted by Crippen LogP contribution is 2.35. The lowest BCUT2D eigenvalue weighted by Gasteiger charge is -2.24. The molecule has 0 spiro atoms. The Kier molecular flexibility index (Phi) is 8.84. The third-order valence-corrected chi connectivity index (χ3v) is 8.92. The van der Waals surface area contributed by atoms with E-state index in [-0.39, 0.29) is 29.0 Å². The molecule has 40 heavy (non-hydrogen) atoms. The topological polar surface area (TPSA) is 142 Å². The largest absolute Gasteiger partial charge is 0.329 e. The summed E-state index contributed by atoms with van der Waals surface area (Å²) in [7, 11) is -2.45. The third kappa shape index (κ3) is 6.83. The number of carbonyl (C=O) groups excluding carboxylic acids is 3. The zero-order chi connectivity index (χ0) is 29.0. The number of nitrogens with zero attached hydrogens (tertiary/aromatic N) is 4. The highest BCUT2D eigenvalue weighted by Gasteiger charge is 2.33. The lowest BCUT2D eigenvalue weighted by molar-refractivity contribution is -0.125. The van der Waals surface area contributed by atoms with Gasteiger partial charge in [-0.25, -0.2) is 18.4 Å². The summed E-state index contributed by atoms with van der Waals surface area (Å²) in [5.41, 5.74) is 6.49. The minimum absolute atomic E-state index is 0.0943. The fourth-order valence-corrected chi connectivity index (χ4v) is 5.79. The number of rotatable bonds is 8. The van der Waals surface area contributed by atoms with Crippen molar-refractivity contribution in [1.82, 2.24) is 25.7 Å². The summed E-state index contributed by atoms with van der Waals surface area (Å²) in [5, 5.41) is 2.76. The number of pyridine rings is 1. The third-order valence-electron chi connectivity index (χ3n) is 6.68. The second kappa shape index (κ2) is 12.1. The molecule has 1 saturated heterocycles. The van der Waals surface area contributed by atoms with Gasteiger partial charge in [0.25, 0.3) is 11.8 Å². The van der Waals surface area contributed by atoms with Crippen LogP contribution in [0.4, 0.5) is 5.82 Å². The van der Waals surface area contributed by atoms with Crippen LogP contribution in [0.5, 0.6) is 0 Å². The van der Waals surface area contributed by atoms with E-state index in [0.29, 0.717) is 13.0 Å². The van der Waals surface area contributed by atoms with Gasteiger partial charge in [0.2, 0.25) is 15.9 Å². The Hall–Kier alpha value is -3.84. The van der Waals surface area contributed by atoms with Crippen molar-refractivity contribution < 1.29 is 22.8 Å². The molecule has 2 atom stereocenters. The smallest absolute Gasteiger partial charge is 0.288 e. The monoisotopic (exact) mass is 584 g/mol. The van der Waals surface area contributed by atoms with E-state index in [1.165, 1.54) is 30.5 Å². The summed E-state index contributed by atoms with van der Waals surface area (Å²) in [6.07, 6.45) is 3.01. The summed E-state index contributed by atoms with van der Waals surface area (Å²) < 4.78 is 25.4. The van der Waals surface area contributed by atoms with E-state index in [0.717, 1.165) is 39.7 Å². The second-order valence-electron chi connectivity index (χ2n) is 9.85. The van der Waals surface area contributed by atoms with Gasteiger partial charge in [0.15, 0.2) is 0 Å². The van der Waals surface area contributed by atoms with Gasteiger partial charge in [-0.3, -0.25) is 29.5 Å². The number of benzene rings is 1. The molecule has 0 aliphatic carbocycles. The number of likely N-dealkylation sites (tertiary alicyclic amines) is 1. The van der Waals surface area contributed by atoms with Crippen LogP contribution < -0.4 is 15.2 Å². The highest BCUT2D eigenvalue weighted by atomic mass is 32.2. The lowest BCUT2D eigenvalue weighted by atomic mass is 10.0. The van der Waals surface area contributed by atoms with Crippen LogP contribution in [0.1, 0.15) is 62.9 Å². The van der Waals surface area contributed by atoms with Gasteiger partial charge in [0, 0.05) is 36.1 Å². The van der Waals surface area contributed by atoms with Gasteiger partial charge in [0.1, 0.15) is 16.5 Å². The first-order valence-electron chi connectivity index (χ1n) is 12.8. The molecule has 2 N–H and O–H groups in total. The molecule has 4 rings (SSSR count). The van der Waals surface area contributed by atoms with Crippen molar-refractivity contribution in [2.45, 2.75) is 39.2 Å². The Morgan fingerprint density at radius 2 is 1.88 bits per heavy atom. The number of thiazole rings is 1. The molecule has 3 aromatic rings. The minimum atomic E-state index is -3.74. The first-order valence-corrected chi connectivity index (χ1v) is 15.5. The van der Waals surface area contributed by atoms with Gasteiger partial charge < -0.3 is 4.90 Å². The predicted molar refractivity (Wildman–Crippen MR) is 152 cm³/mol. The molecule has 13 heteroatoms. The van der Waals surface area contributed by atoms with Crippen LogP contribution in [0.25, 0.3) is 0 Å². The number of amides is 3. The van der Waals surface area contributed by atoms with E-state index >= 15 is 0 Å². The zero-order valence-corrected chi connectivity index (χ0v) is 24.4. The van der Waals surface area contributed by atoms with Gasteiger partial charge >= 0.3 is 0 Å². The van der Waals surface area contributed by atoms with Gasteiger partial charge in [-0.15, -0.1) is 11.3 Å². The van der Waals surface area contributed by atoms with Crippen molar-refractivity contribution in [1.29, 1.82) is 0 Å². The van der Waals surface area contributed by atoms with E-state index in [1.807, 2.05) is 42.6 Å². The van der Waals surface area contributed by atoms with Gasteiger partial charge in [-0.1, -0.05) is 37.3 Å². The van der Waals surface area contributed by atoms with E-state index in [1.54, 1.807) is 11.8 Å². The normalized spacial score (nSPS) is 15.9. The van der Waals surface area contributed by atoms with Crippen LogP contribution in [0, 0.1) is 12.8 Å². The van der Waals surface area contributed by atoms with Gasteiger partial charge in [-0.05, 0) is 43.9 Å². The summed E-state index contributed by atoms with van der Waals surface area (Å²) in [6.45, 7) is 4.13. The Bertz CT molecular complexity index is 1510. The van der Waals surface area contributed by atoms with Gasteiger partial charge in [0.05, 0.1) is 12.3 Å². The second-order valence-corrected chi connectivity index (χ2v) is 12.8. The number of aryl methyl sites for hydroxylation is 1. The number of nitrogens with one attached hydrogen (secondary N) is 2. The van der Waals surface area contributed by atoms with Crippen molar-refractivity contribution in [2.75, 3.05) is 24.2 Å². The Labute approximate surface area is 237 Å². The SMILES string of the molecule is Cc1csc([C@H]2CCCN2C(=O)c2cc(C(=O)NNC(=O)C(C)Cc3ccccc3)nc(N(C)S(C)(=O)=O)c2)n1. The molecule has 0 bridgehead atoms. The van der Waals surface area contributed by atoms with Crippen LogP contribution in [0.15, 0.2) is 47.8 Å². The lowest BCUT2D eigenvalue weighted by Crippen LogP contribution is -2.45. The number of hydrogen-bond acceptors (Lipinski definition) is 8. The van der Waals surface area contributed by atoms with Crippen molar-refractivity contribution in [3.8, 4) is 0 Å². The summed E-state index contributed by atoms with van der Waals surface area (Å²) >= 11 is 1.49. The van der Waals surface area contributed by atoms with Gasteiger partial charge in [-0.2, -0.15) is 0 Å². The molecule has 2 aromatic heterocycles. The highest BCUT2D eigenvalue weighted by molar-refractivity contribution is 7.92. The minimum Gasteiger partial charge on any atom is -0.329 e. The quantitative estimate of drug-likeness (QED) is 0.388. The zero-order valence-electron chi connectivity index (χ0n) is 22.7. The molecule has 1 fully saturated rings. The summed E-state index contributed by atoms with van der Waals surface area (Å²) in [5.74, 6) is -2.08. The number of sulfonamides is 1. The van der Waals surface area contributed by atoms with Crippen molar-refractivity contribution in [3.05, 3.63) is 75.4 Å². The molecule has 11 nitrogen and oxygen atoms in total. The molecule has 1 unspecified atom stereocenters. The van der Waals surface area contributed by atoms with Crippen LogP contribution in [-0.2, 0) is 21.2 Å². The first-order chi connectivity index (χ1) is 18.9. The van der Waals surface area contributed by atoms with Crippen LogP contribution >= 0.6 is 11.3 Å². The average molecular weight is 585 g/mol. The number of anilines is 1. The molecule has 1 aromatic carbocycles. The summed E-state index contributed by atoms with van der Waals surface area (Å²) in [4.78, 5) is 49.7. The first kappa shape index (κ1) is 29.2. The van der Waals surface area contributed by atoms with Crippen molar-refractivity contribution in [2.24, 2.45) is 5.92 Å². The molecule has 3 amide bonds. The summed E-state index contributed by atoms with van der Waals surface area (Å²) in [6, 6.07) is 11.9. The molecular weight excluding hydrogens is 552 g/mol. The van der Waals surface area contributed by atoms with Crippen molar-refractivity contribution >= 4 is 44.9 Å². The van der Waals surface area contributed by atoms with E-state index < -0.39 is 27.8 Å². The maximum Gasteiger partial charge on any atom is 0.288 e. The molecule has 0 saturated carbocycles. The average Bonchev–Trinajstić information content (AvgIpc) is 3.59. The molecule has 0 radical (unpaired) electrons. The van der Waals surface area contributed by atoms with E-state index in [9.17, 15) is 22.8 Å². The fourth-order valence-electron chi connectivity index (χ4n) is 4.41. The Balaban J connectivity index is 1.56. The molecular formula is C27H32N6O5S2. The Morgan fingerprint density at radius 3 is 2.52 bits per heavy atom. The molecule has 1 aliphatic heterocycles. The Morgan fingerprint density at radius 1 is 1.15 bits per heavy atom. The molecule has 1 aliphatic rings. The van der Waals surface area contributed by atoms with E-state index in [2.05, 4.69) is 20.8 Å². The van der Waals surface area contributed by atoms with Crippen LogP contribution in [0.2, 0.25) is 0 Å². The van der Waals surface area contributed by atoms with Crippen molar-refractivity contribution in [3.63, 3.8) is 0 Å². The van der Waals surface area contributed by atoms with Crippen LogP contribution in [0.3, 0.4) is 0 Å². The number of hydrogen-bond donors (Lipinski definition) is 2. The number of hydrazine groups is 1. The van der Waals surface area contributed by atoms with Crippen LogP contribution in [-0.4, -0.2) is 60.9 Å². The number of carbonyl (C=O) groups is 3. The number of aromatic nitrogens is 2. The maximum absolute atomic E-state index is 13.7. The molecule has 3 heterocycles. The standard InChI is InChI=1S/C27H32N6O5S2/c1-17(13-19-9-6-5-7-10-19)24(34)30-31-25(35)21-14-20(15-23(29-21)32(3)40(4,37)38)27(36)33-12-8-11-22(33)26-28-18(2)16-39-26/h5-7,9-10,14-17,22H,8,11-13H2,1-4H3,(H,30,34)(H,31,35)/t17?,22-/m1/s1. The predicted octanol–water partition coefficient (Wildman–Crippen LogP) is 2.86. The molecule has 212 valence electrons. The van der Waals surface area contributed by atoms with E-state index in [4.69, 9.17) is 0 Å².